The predicted octanol–water partition coefficient (Wildman–Crippen LogP) is 0.491. The fraction of sp³-hybridized carbons (Fsp3) is 0.917. The Labute approximate surface area is 99.2 Å². The number of likely N-dealkylation sites (N-methyl/N-ethyl adjacent to an activating group) is 2. The molecule has 1 aliphatic heterocycles. The molecule has 1 amide bonds. The van der Waals surface area contributed by atoms with Crippen molar-refractivity contribution >= 4 is 5.91 Å². The SMILES string of the molecule is CN(CC[C@@H]1CCCN1C)CC(=O)N(C)C. The molecule has 1 rings (SSSR count). The molecule has 1 heterocycles. The first-order valence-corrected chi connectivity index (χ1v) is 6.09. The minimum atomic E-state index is 0.183. The van der Waals surface area contributed by atoms with Gasteiger partial charge in [0.1, 0.15) is 0 Å². The molecule has 0 aromatic heterocycles. The van der Waals surface area contributed by atoms with Crippen LogP contribution in [0.15, 0.2) is 0 Å². The number of carbonyl (C=O) groups is 1. The number of hydrogen-bond acceptors (Lipinski definition) is 3. The van der Waals surface area contributed by atoms with Crippen molar-refractivity contribution in [2.75, 3.05) is 47.8 Å². The van der Waals surface area contributed by atoms with Crippen molar-refractivity contribution in [3.05, 3.63) is 0 Å². The fourth-order valence-electron chi connectivity index (χ4n) is 2.16. The van der Waals surface area contributed by atoms with Gasteiger partial charge in [-0.15, -0.1) is 0 Å². The zero-order valence-corrected chi connectivity index (χ0v) is 11.1. The Balaban J connectivity index is 2.19. The summed E-state index contributed by atoms with van der Waals surface area (Å²) >= 11 is 0. The third-order valence-corrected chi connectivity index (χ3v) is 3.42. The van der Waals surface area contributed by atoms with E-state index in [9.17, 15) is 4.79 Å². The Morgan fingerprint density at radius 1 is 1.38 bits per heavy atom. The lowest BCUT2D eigenvalue weighted by Gasteiger charge is -2.23. The Morgan fingerprint density at radius 3 is 2.56 bits per heavy atom. The standard InChI is InChI=1S/C12H25N3O/c1-13(2)12(16)10-14(3)9-7-11-6-5-8-15(11)4/h11H,5-10H2,1-4H3/t11-/m0/s1. The van der Waals surface area contributed by atoms with Crippen LogP contribution in [0, 0.1) is 0 Å². The van der Waals surface area contributed by atoms with Crippen LogP contribution in [0.5, 0.6) is 0 Å². The van der Waals surface area contributed by atoms with Gasteiger partial charge in [0.05, 0.1) is 6.54 Å². The largest absolute Gasteiger partial charge is 0.348 e. The summed E-state index contributed by atoms with van der Waals surface area (Å²) in [4.78, 5) is 17.7. The van der Waals surface area contributed by atoms with E-state index in [2.05, 4.69) is 16.8 Å². The van der Waals surface area contributed by atoms with Gasteiger partial charge in [-0.05, 0) is 46.4 Å². The molecule has 1 aliphatic rings. The lowest BCUT2D eigenvalue weighted by molar-refractivity contribution is -0.129. The highest BCUT2D eigenvalue weighted by Crippen LogP contribution is 2.17. The summed E-state index contributed by atoms with van der Waals surface area (Å²) in [5, 5.41) is 0. The predicted molar refractivity (Wildman–Crippen MR) is 66.5 cm³/mol. The van der Waals surface area contributed by atoms with Gasteiger partial charge < -0.3 is 9.80 Å². The van der Waals surface area contributed by atoms with Crippen LogP contribution in [-0.2, 0) is 4.79 Å². The molecule has 0 aliphatic carbocycles. The summed E-state index contributed by atoms with van der Waals surface area (Å²) in [6.45, 7) is 2.77. The fourth-order valence-corrected chi connectivity index (χ4v) is 2.16. The Morgan fingerprint density at radius 2 is 2.06 bits per heavy atom. The first-order valence-electron chi connectivity index (χ1n) is 6.09. The van der Waals surface area contributed by atoms with Crippen LogP contribution in [0.2, 0.25) is 0 Å². The van der Waals surface area contributed by atoms with E-state index in [4.69, 9.17) is 0 Å². The molecule has 0 unspecified atom stereocenters. The lowest BCUT2D eigenvalue weighted by Crippen LogP contribution is -2.36. The van der Waals surface area contributed by atoms with Crippen molar-refractivity contribution in [2.24, 2.45) is 0 Å². The Hall–Kier alpha value is -0.610. The van der Waals surface area contributed by atoms with E-state index in [0.717, 1.165) is 12.6 Å². The highest BCUT2D eigenvalue weighted by Gasteiger charge is 2.21. The maximum atomic E-state index is 11.5. The highest BCUT2D eigenvalue weighted by atomic mass is 16.2. The van der Waals surface area contributed by atoms with Gasteiger partial charge in [0.2, 0.25) is 5.91 Å². The van der Waals surface area contributed by atoms with Crippen LogP contribution in [-0.4, -0.2) is 74.5 Å². The topological polar surface area (TPSA) is 26.8 Å². The van der Waals surface area contributed by atoms with Crippen LogP contribution >= 0.6 is 0 Å². The van der Waals surface area contributed by atoms with Crippen LogP contribution in [0.1, 0.15) is 19.3 Å². The second-order valence-corrected chi connectivity index (χ2v) is 5.09. The number of carbonyl (C=O) groups excluding carboxylic acids is 1. The van der Waals surface area contributed by atoms with Crippen molar-refractivity contribution in [2.45, 2.75) is 25.3 Å². The Bertz CT molecular complexity index is 230. The molecule has 0 spiro atoms. The molecule has 1 fully saturated rings. The normalized spacial score (nSPS) is 21.7. The molecule has 1 saturated heterocycles. The zero-order valence-electron chi connectivity index (χ0n) is 11.1. The lowest BCUT2D eigenvalue weighted by atomic mass is 10.1. The molecule has 0 radical (unpaired) electrons. The van der Waals surface area contributed by atoms with Crippen LogP contribution in [0.4, 0.5) is 0 Å². The van der Waals surface area contributed by atoms with E-state index in [0.29, 0.717) is 6.54 Å². The minimum Gasteiger partial charge on any atom is -0.348 e. The average molecular weight is 227 g/mol. The van der Waals surface area contributed by atoms with Gasteiger partial charge in [-0.3, -0.25) is 9.69 Å². The van der Waals surface area contributed by atoms with Crippen molar-refractivity contribution < 1.29 is 4.79 Å². The zero-order chi connectivity index (χ0) is 12.1. The van der Waals surface area contributed by atoms with Gasteiger partial charge in [-0.2, -0.15) is 0 Å². The molecule has 94 valence electrons. The number of nitrogens with zero attached hydrogens (tertiary/aromatic N) is 3. The van der Waals surface area contributed by atoms with Crippen molar-refractivity contribution in [1.29, 1.82) is 0 Å². The summed E-state index contributed by atoms with van der Waals surface area (Å²) in [5.41, 5.74) is 0. The van der Waals surface area contributed by atoms with Crippen molar-refractivity contribution in [3.8, 4) is 0 Å². The molecule has 0 aromatic carbocycles. The van der Waals surface area contributed by atoms with E-state index in [1.807, 2.05) is 7.05 Å². The smallest absolute Gasteiger partial charge is 0.236 e. The van der Waals surface area contributed by atoms with Gasteiger partial charge in [0.25, 0.3) is 0 Å². The molecular formula is C12H25N3O. The molecule has 16 heavy (non-hydrogen) atoms. The molecular weight excluding hydrogens is 202 g/mol. The molecule has 0 N–H and O–H groups in total. The van der Waals surface area contributed by atoms with E-state index in [1.165, 1.54) is 25.8 Å². The second-order valence-electron chi connectivity index (χ2n) is 5.09. The number of amides is 1. The van der Waals surface area contributed by atoms with E-state index < -0.39 is 0 Å². The van der Waals surface area contributed by atoms with Gasteiger partial charge in [0, 0.05) is 20.1 Å². The number of rotatable bonds is 5. The average Bonchev–Trinajstić information content (AvgIpc) is 2.61. The number of hydrogen-bond donors (Lipinski definition) is 0. The summed E-state index contributed by atoms with van der Waals surface area (Å²) in [7, 11) is 7.83. The van der Waals surface area contributed by atoms with Crippen LogP contribution in [0.25, 0.3) is 0 Å². The van der Waals surface area contributed by atoms with E-state index in [1.54, 1.807) is 19.0 Å². The summed E-state index contributed by atoms with van der Waals surface area (Å²) in [6.07, 6.45) is 3.81. The molecule has 4 nitrogen and oxygen atoms in total. The molecule has 0 bridgehead atoms. The maximum absolute atomic E-state index is 11.5. The van der Waals surface area contributed by atoms with Gasteiger partial charge >= 0.3 is 0 Å². The Kier molecular flexibility index (Phi) is 5.22. The monoisotopic (exact) mass is 227 g/mol. The van der Waals surface area contributed by atoms with Gasteiger partial charge in [0.15, 0.2) is 0 Å². The molecule has 0 aromatic rings. The summed E-state index contributed by atoms with van der Waals surface area (Å²) < 4.78 is 0. The van der Waals surface area contributed by atoms with Gasteiger partial charge in [-0.1, -0.05) is 0 Å². The quantitative estimate of drug-likeness (QED) is 0.684. The maximum Gasteiger partial charge on any atom is 0.236 e. The minimum absolute atomic E-state index is 0.183. The van der Waals surface area contributed by atoms with E-state index in [-0.39, 0.29) is 5.91 Å². The number of likely N-dealkylation sites (tertiary alicyclic amines) is 1. The summed E-state index contributed by atoms with van der Waals surface area (Å²) in [5.74, 6) is 0.183. The van der Waals surface area contributed by atoms with Crippen LogP contribution < -0.4 is 0 Å². The van der Waals surface area contributed by atoms with Crippen molar-refractivity contribution in [1.82, 2.24) is 14.7 Å². The third kappa shape index (κ3) is 4.10. The molecule has 4 heteroatoms. The molecule has 0 saturated carbocycles. The summed E-state index contributed by atoms with van der Waals surface area (Å²) in [6, 6.07) is 0.719. The first kappa shape index (κ1) is 13.5. The van der Waals surface area contributed by atoms with E-state index >= 15 is 0 Å². The highest BCUT2D eigenvalue weighted by molar-refractivity contribution is 5.77. The third-order valence-electron chi connectivity index (χ3n) is 3.42. The second kappa shape index (κ2) is 6.21. The van der Waals surface area contributed by atoms with Crippen molar-refractivity contribution in [3.63, 3.8) is 0 Å². The molecule has 1 atom stereocenters. The van der Waals surface area contributed by atoms with Gasteiger partial charge in [-0.25, -0.2) is 0 Å². The van der Waals surface area contributed by atoms with Crippen LogP contribution in [0.3, 0.4) is 0 Å². The first-order chi connectivity index (χ1) is 7.50.